The van der Waals surface area contributed by atoms with Crippen LogP contribution in [0.5, 0.6) is 0 Å². The van der Waals surface area contributed by atoms with Crippen molar-refractivity contribution in [1.82, 2.24) is 5.32 Å². The summed E-state index contributed by atoms with van der Waals surface area (Å²) in [7, 11) is 0. The number of rotatable bonds is 0. The molecule has 0 aromatic heterocycles. The molecular weight excluding hydrogens is 126 g/mol. The molecule has 3 nitrogen and oxygen atoms in total. The molecule has 1 N–H and O–H groups in total. The third-order valence-electron chi connectivity index (χ3n) is 2.68. The van der Waals surface area contributed by atoms with Gasteiger partial charge in [0.1, 0.15) is 0 Å². The van der Waals surface area contributed by atoms with Crippen molar-refractivity contribution in [1.29, 1.82) is 10.5 Å². The van der Waals surface area contributed by atoms with Gasteiger partial charge in [-0.3, -0.25) is 0 Å². The molecule has 2 unspecified atom stereocenters. The number of nitrogens with one attached hydrogen (secondary N) is 1. The van der Waals surface area contributed by atoms with Crippen LogP contribution in [-0.4, -0.2) is 13.1 Å². The number of nitrogens with zero attached hydrogens (tertiary/aromatic N) is 2. The van der Waals surface area contributed by atoms with E-state index in [1.807, 2.05) is 0 Å². The molecular formula is C7H7N3. The minimum absolute atomic E-state index is 0.318. The lowest BCUT2D eigenvalue weighted by molar-refractivity contribution is 0.626. The lowest BCUT2D eigenvalue weighted by Gasteiger charge is -1.96. The van der Waals surface area contributed by atoms with E-state index in [9.17, 15) is 0 Å². The monoisotopic (exact) mass is 133 g/mol. The van der Waals surface area contributed by atoms with E-state index in [-0.39, 0.29) is 10.8 Å². The van der Waals surface area contributed by atoms with Gasteiger partial charge in [0.05, 0.1) is 23.0 Å². The van der Waals surface area contributed by atoms with Crippen LogP contribution in [0.25, 0.3) is 0 Å². The van der Waals surface area contributed by atoms with E-state index >= 15 is 0 Å². The normalized spacial score (nSPS) is 49.0. The second-order valence-electron chi connectivity index (χ2n) is 3.17. The Bertz CT molecular complexity index is 233. The van der Waals surface area contributed by atoms with Gasteiger partial charge in [-0.25, -0.2) is 0 Å². The topological polar surface area (TPSA) is 59.6 Å². The zero-order valence-corrected chi connectivity index (χ0v) is 5.52. The standard InChI is InChI=1S/C7H7N3/c8-2-6-1-7(6,3-9)5-10-4-6/h10H,1,4-5H2. The van der Waals surface area contributed by atoms with E-state index in [1.54, 1.807) is 0 Å². The summed E-state index contributed by atoms with van der Waals surface area (Å²) >= 11 is 0. The first-order valence-corrected chi connectivity index (χ1v) is 3.32. The van der Waals surface area contributed by atoms with Gasteiger partial charge < -0.3 is 5.32 Å². The molecule has 0 bridgehead atoms. The molecule has 0 radical (unpaired) electrons. The Morgan fingerprint density at radius 3 is 1.90 bits per heavy atom. The summed E-state index contributed by atoms with van der Waals surface area (Å²) < 4.78 is 0. The fourth-order valence-electron chi connectivity index (χ4n) is 1.80. The zero-order valence-electron chi connectivity index (χ0n) is 5.52. The molecule has 2 aliphatic rings. The first kappa shape index (κ1) is 5.70. The minimum atomic E-state index is -0.318. The molecule has 0 amide bonds. The van der Waals surface area contributed by atoms with Crippen LogP contribution in [0.15, 0.2) is 0 Å². The summed E-state index contributed by atoms with van der Waals surface area (Å²) in [6, 6.07) is 4.44. The fourth-order valence-corrected chi connectivity index (χ4v) is 1.80. The van der Waals surface area contributed by atoms with Crippen molar-refractivity contribution in [2.45, 2.75) is 6.42 Å². The summed E-state index contributed by atoms with van der Waals surface area (Å²) in [5, 5.41) is 20.5. The van der Waals surface area contributed by atoms with Gasteiger partial charge in [-0.1, -0.05) is 0 Å². The van der Waals surface area contributed by atoms with E-state index in [4.69, 9.17) is 10.5 Å². The molecule has 2 atom stereocenters. The highest BCUT2D eigenvalue weighted by Gasteiger charge is 2.72. The van der Waals surface area contributed by atoms with E-state index < -0.39 is 0 Å². The van der Waals surface area contributed by atoms with Crippen LogP contribution in [-0.2, 0) is 0 Å². The molecule has 10 heavy (non-hydrogen) atoms. The summed E-state index contributed by atoms with van der Waals surface area (Å²) in [5.74, 6) is 0. The van der Waals surface area contributed by atoms with E-state index in [1.165, 1.54) is 0 Å². The number of fused-ring (bicyclic) bond motifs is 1. The molecule has 50 valence electrons. The smallest absolute Gasteiger partial charge is 0.0912 e. The van der Waals surface area contributed by atoms with Gasteiger partial charge in [0.2, 0.25) is 0 Å². The zero-order chi connectivity index (χ0) is 7.24. The van der Waals surface area contributed by atoms with Crippen LogP contribution in [0.1, 0.15) is 6.42 Å². The quantitative estimate of drug-likeness (QED) is 0.506. The summed E-state index contributed by atoms with van der Waals surface area (Å²) in [6.07, 6.45) is 0.778. The molecule has 0 aromatic carbocycles. The van der Waals surface area contributed by atoms with Gasteiger partial charge in [-0.2, -0.15) is 10.5 Å². The summed E-state index contributed by atoms with van der Waals surface area (Å²) in [5.41, 5.74) is -0.635. The highest BCUT2D eigenvalue weighted by Crippen LogP contribution is 2.65. The number of hydrogen-bond donors (Lipinski definition) is 1. The van der Waals surface area contributed by atoms with Crippen LogP contribution in [0.3, 0.4) is 0 Å². The maximum absolute atomic E-state index is 8.72. The van der Waals surface area contributed by atoms with Gasteiger partial charge in [0, 0.05) is 13.1 Å². The molecule has 0 spiro atoms. The van der Waals surface area contributed by atoms with Crippen molar-refractivity contribution < 1.29 is 0 Å². The Labute approximate surface area is 59.3 Å². The molecule has 1 saturated heterocycles. The molecule has 1 aliphatic carbocycles. The highest BCUT2D eigenvalue weighted by molar-refractivity contribution is 5.37. The third-order valence-corrected chi connectivity index (χ3v) is 2.68. The largest absolute Gasteiger partial charge is 0.313 e. The fraction of sp³-hybridized carbons (Fsp3) is 0.714. The van der Waals surface area contributed by atoms with Crippen LogP contribution in [0.2, 0.25) is 0 Å². The van der Waals surface area contributed by atoms with Crippen molar-refractivity contribution in [2.75, 3.05) is 13.1 Å². The van der Waals surface area contributed by atoms with Crippen molar-refractivity contribution in [2.24, 2.45) is 10.8 Å². The average molecular weight is 133 g/mol. The third kappa shape index (κ3) is 0.364. The number of nitriles is 2. The van der Waals surface area contributed by atoms with E-state index in [2.05, 4.69) is 17.5 Å². The Balaban J connectivity index is 2.36. The van der Waals surface area contributed by atoms with Crippen LogP contribution in [0.4, 0.5) is 0 Å². The van der Waals surface area contributed by atoms with Crippen LogP contribution in [0, 0.1) is 33.5 Å². The molecule has 1 heterocycles. The maximum Gasteiger partial charge on any atom is 0.0912 e. The first-order valence-electron chi connectivity index (χ1n) is 3.32. The summed E-state index contributed by atoms with van der Waals surface area (Å²) in [4.78, 5) is 0. The maximum atomic E-state index is 8.72. The molecule has 2 fully saturated rings. The second kappa shape index (κ2) is 1.33. The molecule has 1 aliphatic heterocycles. The Hall–Kier alpha value is -1.06. The first-order chi connectivity index (χ1) is 4.79. The Morgan fingerprint density at radius 2 is 1.60 bits per heavy atom. The predicted octanol–water partition coefficient (Wildman–Crippen LogP) is 0.0133. The lowest BCUT2D eigenvalue weighted by atomic mass is 10.00. The van der Waals surface area contributed by atoms with Gasteiger partial charge in [-0.05, 0) is 6.42 Å². The van der Waals surface area contributed by atoms with Gasteiger partial charge in [-0.15, -0.1) is 0 Å². The molecule has 1 saturated carbocycles. The predicted molar refractivity (Wildman–Crippen MR) is 33.6 cm³/mol. The Morgan fingerprint density at radius 1 is 1.10 bits per heavy atom. The van der Waals surface area contributed by atoms with Crippen molar-refractivity contribution in [3.05, 3.63) is 0 Å². The van der Waals surface area contributed by atoms with Gasteiger partial charge >= 0.3 is 0 Å². The molecule has 2 rings (SSSR count). The molecule has 0 aromatic rings. The molecule has 3 heteroatoms. The van der Waals surface area contributed by atoms with Gasteiger partial charge in [0.15, 0.2) is 0 Å². The number of piperidine rings is 1. The Kier molecular flexibility index (Phi) is 0.760. The van der Waals surface area contributed by atoms with Crippen molar-refractivity contribution in [3.63, 3.8) is 0 Å². The second-order valence-corrected chi connectivity index (χ2v) is 3.17. The average Bonchev–Trinajstić information content (AvgIpc) is 2.51. The van der Waals surface area contributed by atoms with E-state index in [0.717, 1.165) is 6.42 Å². The summed E-state index contributed by atoms with van der Waals surface area (Å²) in [6.45, 7) is 1.41. The minimum Gasteiger partial charge on any atom is -0.313 e. The van der Waals surface area contributed by atoms with Crippen LogP contribution >= 0.6 is 0 Å². The SMILES string of the molecule is N#CC12CNCC1(C#N)C2. The van der Waals surface area contributed by atoms with Crippen LogP contribution < -0.4 is 5.32 Å². The van der Waals surface area contributed by atoms with Gasteiger partial charge in [0.25, 0.3) is 0 Å². The van der Waals surface area contributed by atoms with E-state index in [0.29, 0.717) is 13.1 Å². The lowest BCUT2D eigenvalue weighted by Crippen LogP contribution is -2.15. The van der Waals surface area contributed by atoms with Crippen molar-refractivity contribution in [3.8, 4) is 12.1 Å². The highest BCUT2D eigenvalue weighted by atomic mass is 15.0. The number of hydrogen-bond acceptors (Lipinski definition) is 3. The van der Waals surface area contributed by atoms with Crippen molar-refractivity contribution >= 4 is 0 Å².